The lowest BCUT2D eigenvalue weighted by Gasteiger charge is -2.16. The number of fused-ring (bicyclic) bond motifs is 1. The second kappa shape index (κ2) is 4.88. The third kappa shape index (κ3) is 2.28. The molecular weight excluding hydrogens is 232 g/mol. The van der Waals surface area contributed by atoms with Gasteiger partial charge in [-0.1, -0.05) is 26.8 Å². The van der Waals surface area contributed by atoms with Gasteiger partial charge in [0.15, 0.2) is 11.5 Å². The zero-order chi connectivity index (χ0) is 13.3. The van der Waals surface area contributed by atoms with Crippen LogP contribution in [0.25, 0.3) is 0 Å². The maximum absolute atomic E-state index is 11.0. The van der Waals surface area contributed by atoms with Gasteiger partial charge in [0.2, 0.25) is 6.79 Å². The number of carbonyl (C=O) groups is 1. The summed E-state index contributed by atoms with van der Waals surface area (Å²) >= 11 is 0. The predicted molar refractivity (Wildman–Crippen MR) is 67.2 cm³/mol. The summed E-state index contributed by atoms with van der Waals surface area (Å²) in [4.78, 5) is 11.0. The van der Waals surface area contributed by atoms with Crippen molar-refractivity contribution in [3.8, 4) is 11.5 Å². The molecule has 1 atom stereocenters. The highest BCUT2D eigenvalue weighted by Crippen LogP contribution is 2.41. The number of rotatable bonds is 4. The Morgan fingerprint density at radius 2 is 2.06 bits per heavy atom. The first kappa shape index (κ1) is 12.7. The molecule has 0 saturated carbocycles. The van der Waals surface area contributed by atoms with Crippen LogP contribution in [0.5, 0.6) is 11.5 Å². The number of ether oxygens (including phenoxy) is 2. The normalized spacial score (nSPS) is 14.9. The van der Waals surface area contributed by atoms with Crippen molar-refractivity contribution in [1.82, 2.24) is 0 Å². The number of carboxylic acids is 1. The standard InChI is InChI=1S/C14H18O4/c1-8(2)12-10(6-9(3)14(15)16)4-5-11-13(12)18-7-17-11/h4-5,8-9H,6-7H2,1-3H3,(H,15,16). The van der Waals surface area contributed by atoms with E-state index in [1.165, 1.54) is 0 Å². The second-order valence-corrected chi connectivity index (χ2v) is 4.97. The Morgan fingerprint density at radius 3 is 2.67 bits per heavy atom. The van der Waals surface area contributed by atoms with Gasteiger partial charge in [-0.3, -0.25) is 4.79 Å². The summed E-state index contributed by atoms with van der Waals surface area (Å²) in [5.41, 5.74) is 2.10. The lowest BCUT2D eigenvalue weighted by atomic mass is 9.90. The van der Waals surface area contributed by atoms with Crippen LogP contribution >= 0.6 is 0 Å². The van der Waals surface area contributed by atoms with E-state index in [1.54, 1.807) is 6.92 Å². The molecule has 4 heteroatoms. The molecule has 1 aliphatic rings. The van der Waals surface area contributed by atoms with Gasteiger partial charge >= 0.3 is 5.97 Å². The number of carboxylic acid groups (broad SMARTS) is 1. The van der Waals surface area contributed by atoms with Crippen LogP contribution in [0.2, 0.25) is 0 Å². The van der Waals surface area contributed by atoms with Crippen LogP contribution in [0, 0.1) is 5.92 Å². The quantitative estimate of drug-likeness (QED) is 0.892. The number of benzene rings is 1. The average Bonchev–Trinajstić information content (AvgIpc) is 2.75. The highest BCUT2D eigenvalue weighted by Gasteiger charge is 2.24. The van der Waals surface area contributed by atoms with E-state index in [0.29, 0.717) is 6.42 Å². The van der Waals surface area contributed by atoms with Gasteiger partial charge in [-0.2, -0.15) is 0 Å². The van der Waals surface area contributed by atoms with Crippen LogP contribution < -0.4 is 9.47 Å². The van der Waals surface area contributed by atoms with Gasteiger partial charge in [-0.05, 0) is 24.0 Å². The summed E-state index contributed by atoms with van der Waals surface area (Å²) in [5, 5.41) is 9.01. The van der Waals surface area contributed by atoms with E-state index in [9.17, 15) is 4.79 Å². The molecular formula is C14H18O4. The van der Waals surface area contributed by atoms with E-state index in [-0.39, 0.29) is 12.7 Å². The van der Waals surface area contributed by atoms with Crippen molar-refractivity contribution >= 4 is 5.97 Å². The highest BCUT2D eigenvalue weighted by atomic mass is 16.7. The Labute approximate surface area is 107 Å². The average molecular weight is 250 g/mol. The molecule has 1 N–H and O–H groups in total. The zero-order valence-corrected chi connectivity index (χ0v) is 10.9. The molecule has 1 aliphatic heterocycles. The Hall–Kier alpha value is -1.71. The Morgan fingerprint density at radius 1 is 1.33 bits per heavy atom. The van der Waals surface area contributed by atoms with Crippen LogP contribution in [0.1, 0.15) is 37.8 Å². The van der Waals surface area contributed by atoms with E-state index >= 15 is 0 Å². The molecule has 0 fully saturated rings. The van der Waals surface area contributed by atoms with Gasteiger partial charge in [-0.15, -0.1) is 0 Å². The summed E-state index contributed by atoms with van der Waals surface area (Å²) in [6, 6.07) is 3.81. The molecule has 4 nitrogen and oxygen atoms in total. The van der Waals surface area contributed by atoms with Gasteiger partial charge in [0, 0.05) is 5.56 Å². The minimum Gasteiger partial charge on any atom is -0.481 e. The van der Waals surface area contributed by atoms with Gasteiger partial charge in [0.25, 0.3) is 0 Å². The van der Waals surface area contributed by atoms with Gasteiger partial charge in [-0.25, -0.2) is 0 Å². The van der Waals surface area contributed by atoms with Crippen LogP contribution in [0.15, 0.2) is 12.1 Å². The smallest absolute Gasteiger partial charge is 0.306 e. The largest absolute Gasteiger partial charge is 0.481 e. The first-order chi connectivity index (χ1) is 8.50. The molecule has 0 saturated heterocycles. The molecule has 0 radical (unpaired) electrons. The van der Waals surface area contributed by atoms with Gasteiger partial charge < -0.3 is 14.6 Å². The monoisotopic (exact) mass is 250 g/mol. The van der Waals surface area contributed by atoms with Crippen LogP contribution in [0.4, 0.5) is 0 Å². The fraction of sp³-hybridized carbons (Fsp3) is 0.500. The minimum atomic E-state index is -0.776. The van der Waals surface area contributed by atoms with Crippen molar-refractivity contribution in [2.24, 2.45) is 5.92 Å². The lowest BCUT2D eigenvalue weighted by Crippen LogP contribution is -2.14. The second-order valence-electron chi connectivity index (χ2n) is 4.97. The number of hydrogen-bond donors (Lipinski definition) is 1. The SMILES string of the molecule is CC(Cc1ccc2c(c1C(C)C)OCO2)C(=O)O. The summed E-state index contributed by atoms with van der Waals surface area (Å²) < 4.78 is 10.9. The molecule has 1 aromatic rings. The molecule has 18 heavy (non-hydrogen) atoms. The van der Waals surface area contributed by atoms with Gasteiger partial charge in [0.1, 0.15) is 0 Å². The van der Waals surface area contributed by atoms with Crippen LogP contribution in [0.3, 0.4) is 0 Å². The van der Waals surface area contributed by atoms with E-state index in [4.69, 9.17) is 14.6 Å². The van der Waals surface area contributed by atoms with Crippen molar-refractivity contribution < 1.29 is 19.4 Å². The third-order valence-electron chi connectivity index (χ3n) is 3.19. The van der Waals surface area contributed by atoms with Crippen molar-refractivity contribution in [2.45, 2.75) is 33.1 Å². The van der Waals surface area contributed by atoms with Crippen molar-refractivity contribution in [3.05, 3.63) is 23.3 Å². The number of hydrogen-bond acceptors (Lipinski definition) is 3. The fourth-order valence-corrected chi connectivity index (χ4v) is 2.26. The summed E-state index contributed by atoms with van der Waals surface area (Å²) in [6.07, 6.45) is 0.513. The molecule has 0 spiro atoms. The summed E-state index contributed by atoms with van der Waals surface area (Å²) in [5.74, 6) is 0.633. The molecule has 2 rings (SSSR count). The first-order valence-corrected chi connectivity index (χ1v) is 6.15. The summed E-state index contributed by atoms with van der Waals surface area (Å²) in [6.45, 7) is 6.11. The Bertz CT molecular complexity index is 465. The molecule has 0 bridgehead atoms. The van der Waals surface area contributed by atoms with E-state index in [0.717, 1.165) is 22.6 Å². The minimum absolute atomic E-state index is 0.243. The van der Waals surface area contributed by atoms with Crippen LogP contribution in [-0.4, -0.2) is 17.9 Å². The molecule has 0 aliphatic carbocycles. The third-order valence-corrected chi connectivity index (χ3v) is 3.19. The predicted octanol–water partition coefficient (Wildman–Crippen LogP) is 2.80. The van der Waals surface area contributed by atoms with E-state index in [1.807, 2.05) is 12.1 Å². The van der Waals surface area contributed by atoms with E-state index in [2.05, 4.69) is 13.8 Å². The summed E-state index contributed by atoms with van der Waals surface area (Å²) in [7, 11) is 0. The molecule has 0 amide bonds. The lowest BCUT2D eigenvalue weighted by molar-refractivity contribution is -0.141. The molecule has 1 heterocycles. The fourth-order valence-electron chi connectivity index (χ4n) is 2.26. The Balaban J connectivity index is 2.38. The molecule has 1 unspecified atom stereocenters. The molecule has 98 valence electrons. The van der Waals surface area contributed by atoms with Crippen molar-refractivity contribution in [3.63, 3.8) is 0 Å². The topological polar surface area (TPSA) is 55.8 Å². The number of aliphatic carboxylic acids is 1. The Kier molecular flexibility index (Phi) is 3.45. The van der Waals surface area contributed by atoms with Gasteiger partial charge in [0.05, 0.1) is 5.92 Å². The van der Waals surface area contributed by atoms with Crippen LogP contribution in [-0.2, 0) is 11.2 Å². The van der Waals surface area contributed by atoms with E-state index < -0.39 is 11.9 Å². The van der Waals surface area contributed by atoms with Crippen molar-refractivity contribution in [2.75, 3.05) is 6.79 Å². The first-order valence-electron chi connectivity index (χ1n) is 6.15. The zero-order valence-electron chi connectivity index (χ0n) is 10.9. The maximum Gasteiger partial charge on any atom is 0.306 e. The maximum atomic E-state index is 11.0. The highest BCUT2D eigenvalue weighted by molar-refractivity contribution is 5.70. The molecule has 0 aromatic heterocycles. The van der Waals surface area contributed by atoms with Crippen molar-refractivity contribution in [1.29, 1.82) is 0 Å². The molecule has 1 aromatic carbocycles.